The average Bonchev–Trinajstić information content (AvgIpc) is 1.90. The molecule has 0 aliphatic heterocycles. The van der Waals surface area contributed by atoms with E-state index in [0.717, 1.165) is 0 Å². The van der Waals surface area contributed by atoms with Gasteiger partial charge in [-0.1, -0.05) is 0 Å². The van der Waals surface area contributed by atoms with Gasteiger partial charge in [-0.25, -0.2) is 0 Å². The van der Waals surface area contributed by atoms with Crippen molar-refractivity contribution in [3.05, 3.63) is 0 Å². The number of hydrogen-bond donors (Lipinski definition) is 0. The summed E-state index contributed by atoms with van der Waals surface area (Å²) in [6.45, 7) is 8.00. The first kappa shape index (κ1) is 14.0. The summed E-state index contributed by atoms with van der Waals surface area (Å²) in [5.74, 6) is 0. The van der Waals surface area contributed by atoms with E-state index in [4.69, 9.17) is 10.7 Å². The van der Waals surface area contributed by atoms with E-state index in [1.54, 1.807) is 0 Å². The van der Waals surface area contributed by atoms with Gasteiger partial charge in [0.1, 0.15) is 0 Å². The summed E-state index contributed by atoms with van der Waals surface area (Å²) >= 11 is -2.36. The molecule has 0 saturated carbocycles. The Kier molecular flexibility index (Phi) is 13.3. The maximum Gasteiger partial charge on any atom is -2.00 e. The van der Waals surface area contributed by atoms with Gasteiger partial charge in [0.15, 0.2) is 0 Å². The zero-order chi connectivity index (χ0) is 7.82. The Morgan fingerprint density at radius 2 is 1.09 bits per heavy atom. The Morgan fingerprint density at radius 3 is 1.27 bits per heavy atom. The maximum atomic E-state index is 5.29. The molecular weight excluding hydrogens is 201 g/mol. The van der Waals surface area contributed by atoms with E-state index < -0.39 is 17.0 Å². The van der Waals surface area contributed by atoms with Crippen molar-refractivity contribution < 1.29 is 33.2 Å². The molecule has 0 N–H and O–H groups in total. The van der Waals surface area contributed by atoms with E-state index in [0.29, 0.717) is 19.8 Å². The molecule has 0 aromatic carbocycles. The molecule has 0 fully saturated rings. The monoisotopic (exact) mass is 215 g/mol. The van der Waals surface area contributed by atoms with Crippen LogP contribution in [-0.4, -0.2) is 19.8 Å². The van der Waals surface area contributed by atoms with Crippen LogP contribution >= 0.6 is 0 Å². The van der Waals surface area contributed by atoms with Crippen molar-refractivity contribution in [2.24, 2.45) is 0 Å². The molecule has 0 spiro atoms. The predicted molar refractivity (Wildman–Crippen MR) is 35.6 cm³/mol. The van der Waals surface area contributed by atoms with Gasteiger partial charge < -0.3 is 5.48 Å². The molecular formula is C6H15O4Zn-2. The van der Waals surface area contributed by atoms with Crippen molar-refractivity contribution in [3.63, 3.8) is 0 Å². The van der Waals surface area contributed by atoms with Gasteiger partial charge in [-0.3, -0.25) is 0 Å². The van der Waals surface area contributed by atoms with Crippen LogP contribution in [0.25, 0.3) is 0 Å². The van der Waals surface area contributed by atoms with Gasteiger partial charge in [0.05, 0.1) is 0 Å². The summed E-state index contributed by atoms with van der Waals surface area (Å²) in [6, 6.07) is 0. The molecule has 0 bridgehead atoms. The van der Waals surface area contributed by atoms with Gasteiger partial charge in [-0.2, -0.15) is 0 Å². The minimum absolute atomic E-state index is 0. The Labute approximate surface area is 74.2 Å². The molecule has 0 aliphatic carbocycles. The van der Waals surface area contributed by atoms with Crippen molar-refractivity contribution in [2.75, 3.05) is 19.8 Å². The standard InChI is InChI=1S/3C2H5O.O.Zn/c3*1-2-3;;/h3*2H2,1H3;;/q3*-1;-2;+3. The quantitative estimate of drug-likeness (QED) is 0.630. The van der Waals surface area contributed by atoms with Crippen LogP contribution in [-0.2, 0) is 33.2 Å². The van der Waals surface area contributed by atoms with Crippen LogP contribution in [0.4, 0.5) is 0 Å². The molecule has 0 radical (unpaired) electrons. The largest absolute Gasteiger partial charge is 2.00 e. The average molecular weight is 217 g/mol. The predicted octanol–water partition coefficient (Wildman–Crippen LogP) is 1.34. The van der Waals surface area contributed by atoms with Crippen LogP contribution in [0, 0.1) is 0 Å². The Bertz CT molecular complexity index is 57.3. The molecule has 0 aromatic heterocycles. The summed E-state index contributed by atoms with van der Waals surface area (Å²) in [4.78, 5) is 0. The third kappa shape index (κ3) is 8.37. The molecule has 0 rings (SSSR count). The van der Waals surface area contributed by atoms with Crippen LogP contribution in [0.15, 0.2) is 0 Å². The van der Waals surface area contributed by atoms with Gasteiger partial charge in [-0.05, 0) is 0 Å². The maximum absolute atomic E-state index is 5.29. The van der Waals surface area contributed by atoms with E-state index in [1.165, 1.54) is 0 Å². The minimum atomic E-state index is -2.36. The van der Waals surface area contributed by atoms with E-state index in [9.17, 15) is 0 Å². The Hall–Kier alpha value is 0.463. The van der Waals surface area contributed by atoms with Gasteiger partial charge in [-0.15, -0.1) is 0 Å². The fourth-order valence-corrected chi connectivity index (χ4v) is 3.52. The van der Waals surface area contributed by atoms with E-state index in [-0.39, 0.29) is 5.48 Å². The minimum Gasteiger partial charge on any atom is -2.00 e. The fraction of sp³-hybridized carbons (Fsp3) is 1.00. The molecule has 4 nitrogen and oxygen atoms in total. The summed E-state index contributed by atoms with van der Waals surface area (Å²) in [7, 11) is 0. The Balaban J connectivity index is 0. The molecule has 0 amide bonds. The molecule has 0 aromatic rings. The van der Waals surface area contributed by atoms with Crippen molar-refractivity contribution in [2.45, 2.75) is 20.8 Å². The number of hydrogen-bond acceptors (Lipinski definition) is 3. The summed E-state index contributed by atoms with van der Waals surface area (Å²) in [5, 5.41) is 0. The molecule has 0 heterocycles. The summed E-state index contributed by atoms with van der Waals surface area (Å²) < 4.78 is 15.9. The smallest absolute Gasteiger partial charge is 2.00 e. The second-order valence-electron chi connectivity index (χ2n) is 1.83. The van der Waals surface area contributed by atoms with E-state index >= 15 is 0 Å². The topological polar surface area (TPSA) is 56.2 Å². The fourth-order valence-electron chi connectivity index (χ4n) is 0.677. The van der Waals surface area contributed by atoms with Crippen molar-refractivity contribution in [3.8, 4) is 0 Å². The van der Waals surface area contributed by atoms with Crippen LogP contribution in [0.3, 0.4) is 0 Å². The normalized spacial score (nSPS) is 9.00. The third-order valence-electron chi connectivity index (χ3n) is 1.11. The first-order valence-electron chi connectivity index (χ1n) is 3.85. The zero-order valence-electron chi connectivity index (χ0n) is 7.46. The van der Waals surface area contributed by atoms with Crippen LogP contribution in [0.2, 0.25) is 0 Å². The Morgan fingerprint density at radius 1 is 0.818 bits per heavy atom. The van der Waals surface area contributed by atoms with Gasteiger partial charge in [0, 0.05) is 0 Å². The summed E-state index contributed by atoms with van der Waals surface area (Å²) in [5.41, 5.74) is 0. The van der Waals surface area contributed by atoms with Crippen molar-refractivity contribution in [1.82, 2.24) is 0 Å². The van der Waals surface area contributed by atoms with Gasteiger partial charge in [0.25, 0.3) is 0 Å². The first-order valence-corrected chi connectivity index (χ1v) is 7.49. The number of rotatable bonds is 6. The second-order valence-corrected chi connectivity index (χ2v) is 5.89. The van der Waals surface area contributed by atoms with Gasteiger partial charge >= 0.3 is 68.3 Å². The van der Waals surface area contributed by atoms with Crippen LogP contribution < -0.4 is 0 Å². The second kappa shape index (κ2) is 10.5. The van der Waals surface area contributed by atoms with E-state index in [1.807, 2.05) is 20.8 Å². The van der Waals surface area contributed by atoms with E-state index in [2.05, 4.69) is 0 Å². The zero-order valence-corrected chi connectivity index (χ0v) is 10.4. The SMILES string of the molecule is CC[O][Zn]([O]CC)[O]CC.[O-2]. The third-order valence-corrected chi connectivity index (χ3v) is 5.78. The molecule has 11 heavy (non-hydrogen) atoms. The first-order chi connectivity index (χ1) is 4.85. The molecule has 0 saturated heterocycles. The molecule has 67 valence electrons. The molecule has 0 unspecified atom stereocenters. The van der Waals surface area contributed by atoms with Crippen LogP contribution in [0.1, 0.15) is 20.8 Å². The molecule has 0 aliphatic rings. The van der Waals surface area contributed by atoms with Crippen molar-refractivity contribution >= 4 is 0 Å². The van der Waals surface area contributed by atoms with Crippen molar-refractivity contribution in [1.29, 1.82) is 0 Å². The molecule has 0 atom stereocenters. The molecule has 5 heteroatoms. The van der Waals surface area contributed by atoms with Gasteiger partial charge in [0.2, 0.25) is 0 Å². The van der Waals surface area contributed by atoms with Crippen LogP contribution in [0.5, 0.6) is 0 Å². The summed E-state index contributed by atoms with van der Waals surface area (Å²) in [6.07, 6.45) is 0.